The number of fused-ring (bicyclic) bond motifs is 1. The largest absolute Gasteiger partial charge is 0.294 e. The van der Waals surface area contributed by atoms with E-state index in [1.54, 1.807) is 6.20 Å². The predicted octanol–water partition coefficient (Wildman–Crippen LogP) is 3.17. The SMILES string of the molecule is CSc1ncc2c(n1)CCN(Cc1cc(F)c(F)cc1F)C2. The summed E-state index contributed by atoms with van der Waals surface area (Å²) in [6.07, 6.45) is 4.43. The van der Waals surface area contributed by atoms with Gasteiger partial charge in [-0.15, -0.1) is 0 Å². The molecule has 1 aromatic heterocycles. The van der Waals surface area contributed by atoms with Crippen LogP contribution < -0.4 is 0 Å². The fraction of sp³-hybridized carbons (Fsp3) is 0.333. The first-order valence-electron chi connectivity index (χ1n) is 6.81. The van der Waals surface area contributed by atoms with Gasteiger partial charge in [-0.1, -0.05) is 11.8 Å². The van der Waals surface area contributed by atoms with E-state index in [1.165, 1.54) is 11.8 Å². The highest BCUT2D eigenvalue weighted by atomic mass is 32.2. The van der Waals surface area contributed by atoms with Gasteiger partial charge in [-0.3, -0.25) is 4.90 Å². The van der Waals surface area contributed by atoms with Crippen molar-refractivity contribution in [3.05, 3.63) is 52.6 Å². The Morgan fingerprint density at radius 3 is 2.73 bits per heavy atom. The first-order valence-corrected chi connectivity index (χ1v) is 8.04. The molecule has 0 aliphatic carbocycles. The van der Waals surface area contributed by atoms with Crippen molar-refractivity contribution >= 4 is 11.8 Å². The summed E-state index contributed by atoms with van der Waals surface area (Å²) in [4.78, 5) is 10.7. The molecule has 0 atom stereocenters. The average molecular weight is 325 g/mol. The lowest BCUT2D eigenvalue weighted by Crippen LogP contribution is -2.31. The summed E-state index contributed by atoms with van der Waals surface area (Å²) >= 11 is 1.49. The molecule has 0 spiro atoms. The van der Waals surface area contributed by atoms with Gasteiger partial charge in [0, 0.05) is 49.4 Å². The third-order valence-electron chi connectivity index (χ3n) is 3.66. The summed E-state index contributed by atoms with van der Waals surface area (Å²) in [6.45, 7) is 1.49. The van der Waals surface area contributed by atoms with E-state index < -0.39 is 17.5 Å². The molecule has 2 heterocycles. The summed E-state index contributed by atoms with van der Waals surface area (Å²) in [7, 11) is 0. The van der Waals surface area contributed by atoms with Gasteiger partial charge in [0.1, 0.15) is 5.82 Å². The van der Waals surface area contributed by atoms with E-state index in [2.05, 4.69) is 9.97 Å². The summed E-state index contributed by atoms with van der Waals surface area (Å²) in [6, 6.07) is 1.52. The van der Waals surface area contributed by atoms with Crippen molar-refractivity contribution in [1.82, 2.24) is 14.9 Å². The second kappa shape index (κ2) is 6.26. The lowest BCUT2D eigenvalue weighted by atomic mass is 10.1. The third kappa shape index (κ3) is 3.10. The molecular formula is C15H14F3N3S. The molecule has 1 aliphatic heterocycles. The quantitative estimate of drug-likeness (QED) is 0.492. The van der Waals surface area contributed by atoms with Gasteiger partial charge in [0.2, 0.25) is 0 Å². The van der Waals surface area contributed by atoms with Gasteiger partial charge in [-0.2, -0.15) is 0 Å². The lowest BCUT2D eigenvalue weighted by Gasteiger charge is -2.28. The normalized spacial score (nSPS) is 14.9. The summed E-state index contributed by atoms with van der Waals surface area (Å²) in [5.41, 5.74) is 2.15. The smallest absolute Gasteiger partial charge is 0.187 e. The second-order valence-electron chi connectivity index (χ2n) is 5.15. The van der Waals surface area contributed by atoms with Crippen molar-refractivity contribution in [3.63, 3.8) is 0 Å². The van der Waals surface area contributed by atoms with Crippen molar-refractivity contribution < 1.29 is 13.2 Å². The zero-order chi connectivity index (χ0) is 15.7. The van der Waals surface area contributed by atoms with Crippen LogP contribution in [0.15, 0.2) is 23.5 Å². The van der Waals surface area contributed by atoms with Gasteiger partial charge in [0.05, 0.1) is 5.69 Å². The minimum atomic E-state index is -1.16. The summed E-state index contributed by atoms with van der Waals surface area (Å²) in [5, 5.41) is 0.735. The van der Waals surface area contributed by atoms with E-state index in [0.717, 1.165) is 28.9 Å². The highest BCUT2D eigenvalue weighted by Gasteiger charge is 2.20. The number of hydrogen-bond acceptors (Lipinski definition) is 4. The Kier molecular flexibility index (Phi) is 4.35. The van der Waals surface area contributed by atoms with Crippen molar-refractivity contribution in [2.24, 2.45) is 0 Å². The van der Waals surface area contributed by atoms with E-state index in [-0.39, 0.29) is 12.1 Å². The fourth-order valence-corrected chi connectivity index (χ4v) is 2.88. The maximum absolute atomic E-state index is 13.7. The molecule has 116 valence electrons. The maximum Gasteiger partial charge on any atom is 0.187 e. The molecule has 1 aliphatic rings. The molecule has 0 bridgehead atoms. The van der Waals surface area contributed by atoms with E-state index in [4.69, 9.17) is 0 Å². The molecule has 22 heavy (non-hydrogen) atoms. The van der Waals surface area contributed by atoms with Crippen LogP contribution in [0.25, 0.3) is 0 Å². The number of benzene rings is 1. The monoisotopic (exact) mass is 325 g/mol. The van der Waals surface area contributed by atoms with Crippen LogP contribution in [0, 0.1) is 17.5 Å². The zero-order valence-corrected chi connectivity index (χ0v) is 12.8. The van der Waals surface area contributed by atoms with Crippen LogP contribution >= 0.6 is 11.8 Å². The minimum absolute atomic E-state index is 0.156. The molecule has 3 rings (SSSR count). The summed E-state index contributed by atoms with van der Waals surface area (Å²) < 4.78 is 39.9. The Labute approximate surface area is 130 Å². The van der Waals surface area contributed by atoms with Gasteiger partial charge >= 0.3 is 0 Å². The van der Waals surface area contributed by atoms with Gasteiger partial charge in [-0.05, 0) is 12.3 Å². The van der Waals surface area contributed by atoms with E-state index in [0.29, 0.717) is 19.2 Å². The van der Waals surface area contributed by atoms with Gasteiger partial charge < -0.3 is 0 Å². The Bertz CT molecular complexity index is 709. The van der Waals surface area contributed by atoms with Gasteiger partial charge in [-0.25, -0.2) is 23.1 Å². The average Bonchev–Trinajstić information content (AvgIpc) is 2.52. The Morgan fingerprint density at radius 2 is 1.95 bits per heavy atom. The molecular weight excluding hydrogens is 311 g/mol. The minimum Gasteiger partial charge on any atom is -0.294 e. The third-order valence-corrected chi connectivity index (χ3v) is 4.22. The van der Waals surface area contributed by atoms with Crippen LogP contribution in [0.4, 0.5) is 13.2 Å². The molecule has 0 fully saturated rings. The van der Waals surface area contributed by atoms with Crippen LogP contribution in [-0.2, 0) is 19.5 Å². The topological polar surface area (TPSA) is 29.0 Å². The molecule has 1 aromatic carbocycles. The van der Waals surface area contributed by atoms with Crippen LogP contribution in [-0.4, -0.2) is 27.7 Å². The van der Waals surface area contributed by atoms with Gasteiger partial charge in [0.25, 0.3) is 0 Å². The number of aromatic nitrogens is 2. The lowest BCUT2D eigenvalue weighted by molar-refractivity contribution is 0.238. The van der Waals surface area contributed by atoms with Crippen LogP contribution in [0.5, 0.6) is 0 Å². The molecule has 0 saturated heterocycles. The van der Waals surface area contributed by atoms with Crippen molar-refractivity contribution in [2.45, 2.75) is 24.7 Å². The fourth-order valence-electron chi connectivity index (χ4n) is 2.52. The second-order valence-corrected chi connectivity index (χ2v) is 5.92. The Balaban J connectivity index is 1.77. The first-order chi connectivity index (χ1) is 10.6. The molecule has 7 heteroatoms. The number of thioether (sulfide) groups is 1. The van der Waals surface area contributed by atoms with Gasteiger partial charge in [0.15, 0.2) is 16.8 Å². The standard InChI is InChI=1S/C15H14F3N3S/c1-22-15-19-6-10-8-21(3-2-14(10)20-15)7-9-4-12(17)13(18)5-11(9)16/h4-6H,2-3,7-8H2,1H3. The van der Waals surface area contributed by atoms with E-state index >= 15 is 0 Å². The van der Waals surface area contributed by atoms with Crippen LogP contribution in [0.1, 0.15) is 16.8 Å². The van der Waals surface area contributed by atoms with E-state index in [9.17, 15) is 13.2 Å². The Hall–Kier alpha value is -1.60. The van der Waals surface area contributed by atoms with Crippen LogP contribution in [0.2, 0.25) is 0 Å². The van der Waals surface area contributed by atoms with Crippen molar-refractivity contribution in [1.29, 1.82) is 0 Å². The predicted molar refractivity (Wildman–Crippen MR) is 77.9 cm³/mol. The summed E-state index contributed by atoms with van der Waals surface area (Å²) in [5.74, 6) is -2.91. The zero-order valence-electron chi connectivity index (χ0n) is 11.9. The number of halogens is 3. The number of nitrogens with zero attached hydrogens (tertiary/aromatic N) is 3. The highest BCUT2D eigenvalue weighted by Crippen LogP contribution is 2.22. The van der Waals surface area contributed by atoms with Crippen molar-refractivity contribution in [3.8, 4) is 0 Å². The number of hydrogen-bond donors (Lipinski definition) is 0. The highest BCUT2D eigenvalue weighted by molar-refractivity contribution is 7.98. The molecule has 0 radical (unpaired) electrons. The van der Waals surface area contributed by atoms with Crippen molar-refractivity contribution in [2.75, 3.05) is 12.8 Å². The number of rotatable bonds is 3. The first kappa shape index (κ1) is 15.3. The molecule has 0 amide bonds. The molecule has 0 saturated carbocycles. The molecule has 2 aromatic rings. The molecule has 0 N–H and O–H groups in total. The maximum atomic E-state index is 13.7. The molecule has 3 nitrogen and oxygen atoms in total. The van der Waals surface area contributed by atoms with Crippen LogP contribution in [0.3, 0.4) is 0 Å². The van der Waals surface area contributed by atoms with E-state index in [1.807, 2.05) is 11.2 Å². The molecule has 0 unspecified atom stereocenters. The Morgan fingerprint density at radius 1 is 1.18 bits per heavy atom.